The molecule has 0 bridgehead atoms. The van der Waals surface area contributed by atoms with Crippen LogP contribution in [0.15, 0.2) is 0 Å². The molecule has 0 aliphatic heterocycles. The lowest BCUT2D eigenvalue weighted by atomic mass is 10.8. The van der Waals surface area contributed by atoms with E-state index in [1.807, 2.05) is 0 Å². The Morgan fingerprint density at radius 3 is 0.867 bits per heavy atom. The van der Waals surface area contributed by atoms with Crippen molar-refractivity contribution in [2.75, 3.05) is 11.8 Å². The third kappa shape index (κ3) is 3.58. The van der Waals surface area contributed by atoms with Gasteiger partial charge >= 0.3 is 0 Å². The van der Waals surface area contributed by atoms with Crippen LogP contribution in [0.3, 0.4) is 0 Å². The van der Waals surface area contributed by atoms with Gasteiger partial charge in [-0.1, -0.05) is 0 Å². The summed E-state index contributed by atoms with van der Waals surface area (Å²) in [4.78, 5) is 11.0. The Morgan fingerprint density at radius 1 is 0.533 bits per heavy atom. The number of hydrogen-bond acceptors (Lipinski definition) is 6. The Hall–Kier alpha value is 0.150. The van der Waals surface area contributed by atoms with Gasteiger partial charge in [-0.15, -0.1) is 0 Å². The first-order valence-corrected chi connectivity index (χ1v) is 5.06. The second-order valence-electron chi connectivity index (χ2n) is 1.93. The average Bonchev–Trinajstić information content (AvgIpc) is 2.16. The number of nitrogens with zero attached hydrogens (tertiary/aromatic N) is 6. The van der Waals surface area contributed by atoms with Crippen LogP contribution in [0.2, 0.25) is 0 Å². The Labute approximate surface area is 115 Å². The van der Waals surface area contributed by atoms with Crippen molar-refractivity contribution in [2.45, 2.75) is 0 Å². The molecule has 0 saturated heterocycles. The zero-order valence-corrected chi connectivity index (χ0v) is 11.0. The highest BCUT2D eigenvalue weighted by molar-refractivity contribution is 6.50. The first-order chi connectivity index (χ1) is 6.91. The molecule has 0 saturated carbocycles. The topological polar surface area (TPSA) is 48.4 Å². The van der Waals surface area contributed by atoms with Gasteiger partial charge in [0, 0.05) is 70.7 Å². The predicted molar refractivity (Wildman–Crippen MR) is 62.4 cm³/mol. The van der Waals surface area contributed by atoms with Crippen molar-refractivity contribution in [2.24, 2.45) is 0 Å². The van der Waals surface area contributed by atoms with Gasteiger partial charge in [0.2, 0.25) is 0 Å². The van der Waals surface area contributed by atoms with Crippen molar-refractivity contribution in [1.82, 2.24) is 15.0 Å². The van der Waals surface area contributed by atoms with E-state index >= 15 is 0 Å². The monoisotopic (exact) mass is 330 g/mol. The standard InChI is InChI=1S/C3Cl6N6/c4-13(5)1-10-2(14(6)7)12-3(11-1)15(8)9. The molecule has 0 N–H and O–H groups in total. The first-order valence-electron chi connectivity index (χ1n) is 3.03. The zero-order chi connectivity index (χ0) is 11.6. The highest BCUT2D eigenvalue weighted by Crippen LogP contribution is 2.24. The van der Waals surface area contributed by atoms with E-state index in [1.165, 1.54) is 0 Å². The lowest BCUT2D eigenvalue weighted by Gasteiger charge is -2.10. The van der Waals surface area contributed by atoms with Crippen molar-refractivity contribution in [3.05, 3.63) is 0 Å². The number of hydrogen-bond donors (Lipinski definition) is 0. The molecule has 0 aliphatic rings. The van der Waals surface area contributed by atoms with Crippen molar-refractivity contribution in [1.29, 1.82) is 0 Å². The Bertz CT molecular complexity index is 277. The number of halogens is 6. The molecule has 15 heavy (non-hydrogen) atoms. The quantitative estimate of drug-likeness (QED) is 0.792. The van der Waals surface area contributed by atoms with Crippen molar-refractivity contribution in [3.8, 4) is 0 Å². The minimum atomic E-state index is -0.143. The number of aromatic nitrogens is 3. The molecule has 0 fully saturated rings. The van der Waals surface area contributed by atoms with Crippen LogP contribution in [0.4, 0.5) is 17.8 Å². The van der Waals surface area contributed by atoms with Gasteiger partial charge in [-0.25, -0.2) is 0 Å². The molecule has 6 nitrogen and oxygen atoms in total. The van der Waals surface area contributed by atoms with Crippen molar-refractivity contribution >= 4 is 88.5 Å². The highest BCUT2D eigenvalue weighted by atomic mass is 35.6. The summed E-state index contributed by atoms with van der Waals surface area (Å²) in [5, 5.41) is 0. The van der Waals surface area contributed by atoms with Gasteiger partial charge in [-0.05, 0) is 0 Å². The van der Waals surface area contributed by atoms with Gasteiger partial charge in [0.1, 0.15) is 0 Å². The van der Waals surface area contributed by atoms with Gasteiger partial charge in [0.15, 0.2) is 0 Å². The Kier molecular flexibility index (Phi) is 4.82. The molecule has 84 valence electrons. The Balaban J connectivity index is 3.20. The van der Waals surface area contributed by atoms with E-state index in [0.717, 1.165) is 0 Å². The van der Waals surface area contributed by atoms with E-state index < -0.39 is 0 Å². The third-order valence-corrected chi connectivity index (χ3v) is 1.96. The smallest absolute Gasteiger partial charge is 0.172 e. The van der Waals surface area contributed by atoms with E-state index in [1.54, 1.807) is 0 Å². The molecule has 0 radical (unpaired) electrons. The van der Waals surface area contributed by atoms with Gasteiger partial charge in [-0.2, -0.15) is 26.8 Å². The van der Waals surface area contributed by atoms with Crippen LogP contribution in [0.25, 0.3) is 0 Å². The van der Waals surface area contributed by atoms with Crippen LogP contribution in [0.5, 0.6) is 0 Å². The minimum Gasteiger partial charge on any atom is -0.172 e. The molecule has 1 aromatic rings. The van der Waals surface area contributed by atoms with Crippen molar-refractivity contribution in [3.63, 3.8) is 0 Å². The molecule has 1 heterocycles. The molecule has 0 spiro atoms. The van der Waals surface area contributed by atoms with E-state index in [0.29, 0.717) is 11.8 Å². The predicted octanol–water partition coefficient (Wildman–Crippen LogP) is 3.21. The van der Waals surface area contributed by atoms with E-state index in [4.69, 9.17) is 70.7 Å². The second kappa shape index (κ2) is 5.47. The molecule has 1 rings (SSSR count). The molecule has 0 aromatic carbocycles. The summed E-state index contributed by atoms with van der Waals surface area (Å²) < 4.78 is 1.72. The molecule has 1 aromatic heterocycles. The summed E-state index contributed by atoms with van der Waals surface area (Å²) in [6.45, 7) is 0. The van der Waals surface area contributed by atoms with Crippen LogP contribution in [0, 0.1) is 0 Å². The SMILES string of the molecule is ClN(Cl)c1nc(N(Cl)Cl)nc(N(Cl)Cl)n1. The summed E-state index contributed by atoms with van der Waals surface area (Å²) in [6, 6.07) is 0. The normalized spacial score (nSPS) is 10.0. The summed E-state index contributed by atoms with van der Waals surface area (Å²) in [7, 11) is 0. The fourth-order valence-corrected chi connectivity index (χ4v) is 1.02. The molecular weight excluding hydrogens is 333 g/mol. The fourth-order valence-electron chi connectivity index (χ4n) is 0.570. The average molecular weight is 333 g/mol. The molecule has 0 unspecified atom stereocenters. The number of anilines is 3. The van der Waals surface area contributed by atoms with Gasteiger partial charge in [0.05, 0.1) is 0 Å². The summed E-state index contributed by atoms with van der Waals surface area (Å²) in [5.74, 6) is -0.428. The van der Waals surface area contributed by atoms with Crippen LogP contribution in [-0.2, 0) is 0 Å². The second-order valence-corrected chi connectivity index (χ2v) is 4.48. The van der Waals surface area contributed by atoms with Gasteiger partial charge in [0.25, 0.3) is 17.8 Å². The summed E-state index contributed by atoms with van der Waals surface area (Å²) in [6.07, 6.45) is 0. The maximum atomic E-state index is 5.39. The largest absolute Gasteiger partial charge is 0.262 e. The van der Waals surface area contributed by atoms with Crippen molar-refractivity contribution < 1.29 is 0 Å². The van der Waals surface area contributed by atoms with Crippen LogP contribution < -0.4 is 11.8 Å². The molecular formula is C3Cl6N6. The fraction of sp³-hybridized carbons (Fsp3) is 0. The molecule has 0 amide bonds. The minimum absolute atomic E-state index is 0.143. The van der Waals surface area contributed by atoms with E-state index in [9.17, 15) is 0 Å². The van der Waals surface area contributed by atoms with Crippen LogP contribution in [-0.4, -0.2) is 15.0 Å². The van der Waals surface area contributed by atoms with Gasteiger partial charge < -0.3 is 0 Å². The lowest BCUT2D eigenvalue weighted by molar-refractivity contribution is 1.04. The van der Waals surface area contributed by atoms with E-state index in [-0.39, 0.29) is 17.8 Å². The summed E-state index contributed by atoms with van der Waals surface area (Å²) >= 11 is 32.4. The molecule has 0 aliphatic carbocycles. The van der Waals surface area contributed by atoms with Crippen LogP contribution in [0.1, 0.15) is 0 Å². The first kappa shape index (κ1) is 13.2. The third-order valence-electron chi connectivity index (χ3n) is 1.05. The summed E-state index contributed by atoms with van der Waals surface area (Å²) in [5.41, 5.74) is 0. The number of rotatable bonds is 3. The maximum absolute atomic E-state index is 5.39. The van der Waals surface area contributed by atoms with E-state index in [2.05, 4.69) is 15.0 Å². The molecule has 0 atom stereocenters. The zero-order valence-electron chi connectivity index (χ0n) is 6.45. The van der Waals surface area contributed by atoms with Gasteiger partial charge in [-0.3, -0.25) is 0 Å². The van der Waals surface area contributed by atoms with Crippen LogP contribution >= 0.6 is 70.7 Å². The Morgan fingerprint density at radius 2 is 0.733 bits per heavy atom. The maximum Gasteiger partial charge on any atom is 0.262 e. The molecule has 12 heteroatoms. The highest BCUT2D eigenvalue weighted by Gasteiger charge is 2.16. The lowest BCUT2D eigenvalue weighted by Crippen LogP contribution is -2.10.